The first-order chi connectivity index (χ1) is 18.2. The molecule has 1 amide bonds. The first-order valence-corrected chi connectivity index (χ1v) is 13.5. The highest BCUT2D eigenvalue weighted by Crippen LogP contribution is 2.31. The van der Waals surface area contributed by atoms with Crippen molar-refractivity contribution < 1.29 is 17.9 Å². The number of hydrogen-bond acceptors (Lipinski definition) is 5. The molecule has 4 aromatic rings. The molecule has 1 heterocycles. The Labute approximate surface area is 227 Å². The zero-order valence-corrected chi connectivity index (χ0v) is 22.7. The van der Waals surface area contributed by atoms with Crippen LogP contribution in [0.1, 0.15) is 17.0 Å². The molecule has 0 bridgehead atoms. The molecule has 0 aliphatic carbocycles. The highest BCUT2D eigenvalue weighted by Gasteiger charge is 2.27. The summed E-state index contributed by atoms with van der Waals surface area (Å²) in [4.78, 5) is 12.9. The summed E-state index contributed by atoms with van der Waals surface area (Å²) in [6.07, 6.45) is 1.54. The monoisotopic (exact) mass is 550 g/mol. The Morgan fingerprint density at radius 3 is 2.32 bits per heavy atom. The number of ether oxygens (including phenoxy) is 1. The number of sulfonamides is 1. The molecule has 0 aliphatic rings. The van der Waals surface area contributed by atoms with Crippen LogP contribution in [0, 0.1) is 13.8 Å². The Bertz CT molecular complexity index is 1570. The summed E-state index contributed by atoms with van der Waals surface area (Å²) < 4.78 is 35.2. The molecule has 10 heteroatoms. The third kappa shape index (κ3) is 5.74. The van der Waals surface area contributed by atoms with Crippen molar-refractivity contribution in [3.05, 3.63) is 107 Å². The predicted octanol–water partition coefficient (Wildman–Crippen LogP) is 5.10. The Balaban J connectivity index is 1.57. The number of anilines is 1. The average Bonchev–Trinajstić information content (AvgIpc) is 3.20. The topological polar surface area (TPSA) is 93.0 Å². The van der Waals surface area contributed by atoms with Gasteiger partial charge in [0.15, 0.2) is 0 Å². The quantitative estimate of drug-likeness (QED) is 0.232. The number of amides is 1. The summed E-state index contributed by atoms with van der Waals surface area (Å²) in [7, 11) is -2.62. The molecule has 4 rings (SSSR count). The third-order valence-electron chi connectivity index (χ3n) is 5.92. The number of carbonyl (C=O) groups is 1. The van der Waals surface area contributed by atoms with Crippen molar-refractivity contribution in [2.75, 3.05) is 18.0 Å². The van der Waals surface area contributed by atoms with E-state index in [0.29, 0.717) is 5.75 Å². The van der Waals surface area contributed by atoms with Crippen molar-refractivity contribution in [3.63, 3.8) is 0 Å². The van der Waals surface area contributed by atoms with Gasteiger partial charge in [-0.05, 0) is 62.4 Å². The van der Waals surface area contributed by atoms with Crippen LogP contribution < -0.4 is 14.5 Å². The molecule has 0 saturated carbocycles. The van der Waals surface area contributed by atoms with Gasteiger partial charge in [-0.2, -0.15) is 5.10 Å². The SMILES string of the molecule is COc1ccc(N(CC(=O)N/N=C\c2cc(C)n(-c3ccccc3)c2C)S(=O)(=O)c2ccccc2)cc1Cl. The second-order valence-electron chi connectivity index (χ2n) is 8.43. The van der Waals surface area contributed by atoms with Crippen molar-refractivity contribution in [1.82, 2.24) is 9.99 Å². The summed E-state index contributed by atoms with van der Waals surface area (Å²) in [6.45, 7) is 3.44. The van der Waals surface area contributed by atoms with Crippen molar-refractivity contribution in [2.45, 2.75) is 18.7 Å². The lowest BCUT2D eigenvalue weighted by Gasteiger charge is -2.24. The highest BCUT2D eigenvalue weighted by atomic mass is 35.5. The van der Waals surface area contributed by atoms with Crippen molar-refractivity contribution >= 4 is 39.4 Å². The van der Waals surface area contributed by atoms with E-state index < -0.39 is 22.5 Å². The molecular weight excluding hydrogens is 524 g/mol. The average molecular weight is 551 g/mol. The van der Waals surface area contributed by atoms with Gasteiger partial charge in [-0.3, -0.25) is 9.10 Å². The number of aromatic nitrogens is 1. The Morgan fingerprint density at radius 2 is 1.68 bits per heavy atom. The van der Waals surface area contributed by atoms with E-state index in [0.717, 1.165) is 26.9 Å². The van der Waals surface area contributed by atoms with Gasteiger partial charge in [0.2, 0.25) is 0 Å². The minimum absolute atomic E-state index is 0.0385. The molecule has 0 fully saturated rings. The fourth-order valence-electron chi connectivity index (χ4n) is 4.08. The van der Waals surface area contributed by atoms with Gasteiger partial charge >= 0.3 is 0 Å². The van der Waals surface area contributed by atoms with Crippen LogP contribution in [0.5, 0.6) is 5.75 Å². The minimum atomic E-state index is -4.08. The fourth-order valence-corrected chi connectivity index (χ4v) is 5.76. The van der Waals surface area contributed by atoms with Crippen LogP contribution in [0.15, 0.2) is 94.9 Å². The lowest BCUT2D eigenvalue weighted by atomic mass is 10.2. The predicted molar refractivity (Wildman–Crippen MR) is 150 cm³/mol. The first-order valence-electron chi connectivity index (χ1n) is 11.7. The molecule has 0 radical (unpaired) electrons. The summed E-state index contributed by atoms with van der Waals surface area (Å²) in [5.74, 6) is -0.237. The Hall–Kier alpha value is -4.08. The summed E-state index contributed by atoms with van der Waals surface area (Å²) >= 11 is 6.26. The largest absolute Gasteiger partial charge is 0.495 e. The molecule has 1 N–H and O–H groups in total. The number of benzene rings is 3. The third-order valence-corrected chi connectivity index (χ3v) is 8.00. The highest BCUT2D eigenvalue weighted by molar-refractivity contribution is 7.92. The molecule has 0 saturated heterocycles. The van der Waals surface area contributed by atoms with Gasteiger partial charge in [-0.15, -0.1) is 0 Å². The van der Waals surface area contributed by atoms with Crippen LogP contribution >= 0.6 is 11.6 Å². The van der Waals surface area contributed by atoms with Crippen LogP contribution in [0.25, 0.3) is 5.69 Å². The van der Waals surface area contributed by atoms with Crippen molar-refractivity contribution in [3.8, 4) is 11.4 Å². The number of halogens is 1. The van der Waals surface area contributed by atoms with E-state index in [1.54, 1.807) is 30.5 Å². The van der Waals surface area contributed by atoms with E-state index in [9.17, 15) is 13.2 Å². The van der Waals surface area contributed by atoms with Gasteiger partial charge in [-0.25, -0.2) is 13.8 Å². The number of hydrogen-bond donors (Lipinski definition) is 1. The Morgan fingerprint density at radius 1 is 1.03 bits per heavy atom. The second-order valence-corrected chi connectivity index (χ2v) is 10.7. The number of rotatable bonds is 9. The standard InChI is InChI=1S/C28H27ClN4O4S/c1-20-16-22(21(2)33(20)23-10-6-4-7-11-23)18-30-31-28(34)19-32(24-14-15-27(37-3)26(29)17-24)38(35,36)25-12-8-5-9-13-25/h4-18H,19H2,1-3H3,(H,31,34)/b30-18-. The summed E-state index contributed by atoms with van der Waals surface area (Å²) in [5.41, 5.74) is 6.46. The van der Waals surface area contributed by atoms with E-state index in [2.05, 4.69) is 15.1 Å². The number of aryl methyl sites for hydroxylation is 1. The number of hydrazone groups is 1. The van der Waals surface area contributed by atoms with Gasteiger partial charge in [-0.1, -0.05) is 48.0 Å². The van der Waals surface area contributed by atoms with E-state index in [4.69, 9.17) is 16.3 Å². The smallest absolute Gasteiger partial charge is 0.264 e. The van der Waals surface area contributed by atoms with Gasteiger partial charge in [0, 0.05) is 22.6 Å². The molecule has 3 aromatic carbocycles. The van der Waals surface area contributed by atoms with Crippen LogP contribution in [0.2, 0.25) is 5.02 Å². The van der Waals surface area contributed by atoms with Crippen molar-refractivity contribution in [1.29, 1.82) is 0 Å². The van der Waals surface area contributed by atoms with Crippen LogP contribution in [0.4, 0.5) is 5.69 Å². The molecule has 38 heavy (non-hydrogen) atoms. The molecule has 0 unspecified atom stereocenters. The minimum Gasteiger partial charge on any atom is -0.495 e. The van der Waals surface area contributed by atoms with E-state index in [-0.39, 0.29) is 15.6 Å². The summed E-state index contributed by atoms with van der Waals surface area (Å²) in [6, 6.07) is 24.2. The molecule has 0 spiro atoms. The molecule has 196 valence electrons. The maximum Gasteiger partial charge on any atom is 0.264 e. The normalized spacial score (nSPS) is 11.5. The van der Waals surface area contributed by atoms with Crippen LogP contribution in [-0.4, -0.2) is 38.8 Å². The lowest BCUT2D eigenvalue weighted by molar-refractivity contribution is -0.119. The number of methoxy groups -OCH3 is 1. The maximum atomic E-state index is 13.5. The van der Waals surface area contributed by atoms with E-state index in [1.165, 1.54) is 31.4 Å². The summed E-state index contributed by atoms with van der Waals surface area (Å²) in [5, 5.41) is 4.30. The van der Waals surface area contributed by atoms with Crippen LogP contribution in [-0.2, 0) is 14.8 Å². The number of carbonyl (C=O) groups excluding carboxylic acids is 1. The van der Waals surface area contributed by atoms with E-state index in [1.807, 2.05) is 50.2 Å². The molecule has 0 aliphatic heterocycles. The Kier molecular flexibility index (Phi) is 8.19. The maximum absolute atomic E-state index is 13.5. The molecular formula is C28H27ClN4O4S. The van der Waals surface area contributed by atoms with Crippen LogP contribution in [0.3, 0.4) is 0 Å². The number of nitrogens with one attached hydrogen (secondary N) is 1. The first kappa shape index (κ1) is 27.0. The lowest BCUT2D eigenvalue weighted by Crippen LogP contribution is -2.39. The number of para-hydroxylation sites is 1. The van der Waals surface area contributed by atoms with Gasteiger partial charge in [0.1, 0.15) is 12.3 Å². The van der Waals surface area contributed by atoms with Gasteiger partial charge in [0.05, 0.1) is 28.9 Å². The number of nitrogens with zero attached hydrogens (tertiary/aromatic N) is 3. The zero-order valence-electron chi connectivity index (χ0n) is 21.1. The molecule has 1 aromatic heterocycles. The van der Waals surface area contributed by atoms with Gasteiger partial charge < -0.3 is 9.30 Å². The molecule has 0 atom stereocenters. The van der Waals surface area contributed by atoms with Crippen molar-refractivity contribution in [2.24, 2.45) is 5.10 Å². The second kappa shape index (κ2) is 11.5. The zero-order chi connectivity index (χ0) is 27.3. The fraction of sp³-hybridized carbons (Fsp3) is 0.143. The molecule has 8 nitrogen and oxygen atoms in total. The van der Waals surface area contributed by atoms with E-state index >= 15 is 0 Å². The van der Waals surface area contributed by atoms with Gasteiger partial charge in [0.25, 0.3) is 15.9 Å².